The predicted molar refractivity (Wildman–Crippen MR) is 85.3 cm³/mol. The molecule has 0 heterocycles. The van der Waals surface area contributed by atoms with Crippen molar-refractivity contribution in [1.29, 1.82) is 0 Å². The van der Waals surface area contributed by atoms with Gasteiger partial charge in [0.2, 0.25) is 0 Å². The third kappa shape index (κ3) is 4.79. The van der Waals surface area contributed by atoms with E-state index in [9.17, 15) is 4.79 Å². The monoisotopic (exact) mass is 282 g/mol. The number of rotatable bonds is 3. The zero-order valence-electron chi connectivity index (χ0n) is 13.1. The van der Waals surface area contributed by atoms with Crippen LogP contribution in [0.5, 0.6) is 0 Å². The second-order valence-electron chi connectivity index (χ2n) is 6.12. The number of benzene rings is 1. The van der Waals surface area contributed by atoms with Crippen LogP contribution in [0.15, 0.2) is 35.9 Å². The molecule has 110 valence electrons. The van der Waals surface area contributed by atoms with E-state index in [4.69, 9.17) is 4.74 Å². The smallest absolute Gasteiger partial charge is 0.304 e. The van der Waals surface area contributed by atoms with Crippen molar-refractivity contribution in [1.82, 2.24) is 0 Å². The molecule has 1 aliphatic carbocycles. The maximum atomic E-state index is 11.0. The molecule has 21 heavy (non-hydrogen) atoms. The third-order valence-corrected chi connectivity index (χ3v) is 3.53. The number of ether oxygens (including phenoxy) is 1. The van der Waals surface area contributed by atoms with Gasteiger partial charge in [0.1, 0.15) is 0 Å². The number of carbonyl (C=O) groups excluding carboxylic acids is 1. The van der Waals surface area contributed by atoms with Crippen LogP contribution in [-0.2, 0) is 9.53 Å². The Morgan fingerprint density at radius 3 is 2.57 bits per heavy atom. The molecule has 1 saturated carbocycles. The van der Waals surface area contributed by atoms with Crippen molar-refractivity contribution in [2.75, 3.05) is 0 Å². The zero-order valence-corrected chi connectivity index (χ0v) is 13.1. The van der Waals surface area contributed by atoms with Gasteiger partial charge in [-0.1, -0.05) is 53.8 Å². The Morgan fingerprint density at radius 1 is 1.29 bits per heavy atom. The molecule has 2 nitrogen and oxygen atoms in total. The molecule has 0 unspecified atom stereocenters. The molecular formula is C19H22O2. The first-order valence-electron chi connectivity index (χ1n) is 7.33. The summed E-state index contributed by atoms with van der Waals surface area (Å²) in [7, 11) is 0. The third-order valence-electron chi connectivity index (χ3n) is 3.53. The summed E-state index contributed by atoms with van der Waals surface area (Å²) in [6.07, 6.45) is 3.32. The summed E-state index contributed by atoms with van der Waals surface area (Å²) in [4.78, 5) is 11.0. The molecule has 1 aromatic rings. The van der Waals surface area contributed by atoms with E-state index in [2.05, 4.69) is 37.0 Å². The van der Waals surface area contributed by atoms with Gasteiger partial charge < -0.3 is 4.74 Å². The lowest BCUT2D eigenvalue weighted by molar-refractivity contribution is -0.148. The van der Waals surface area contributed by atoms with Gasteiger partial charge >= 0.3 is 5.97 Å². The second kappa shape index (κ2) is 6.18. The van der Waals surface area contributed by atoms with Crippen molar-refractivity contribution in [3.8, 4) is 11.8 Å². The maximum absolute atomic E-state index is 11.0. The Kier molecular flexibility index (Phi) is 4.53. The van der Waals surface area contributed by atoms with Gasteiger partial charge in [-0.3, -0.25) is 4.79 Å². The van der Waals surface area contributed by atoms with Gasteiger partial charge in [0.25, 0.3) is 0 Å². The van der Waals surface area contributed by atoms with Gasteiger partial charge in [-0.05, 0) is 38.7 Å². The summed E-state index contributed by atoms with van der Waals surface area (Å²) in [5, 5.41) is 0. The van der Waals surface area contributed by atoms with Crippen LogP contribution in [0, 0.1) is 23.7 Å². The minimum absolute atomic E-state index is 0.290. The predicted octanol–water partition coefficient (Wildman–Crippen LogP) is 4.07. The van der Waals surface area contributed by atoms with Crippen LogP contribution < -0.4 is 0 Å². The van der Waals surface area contributed by atoms with E-state index < -0.39 is 5.60 Å². The van der Waals surface area contributed by atoms with Crippen molar-refractivity contribution in [3.05, 3.63) is 41.5 Å². The van der Waals surface area contributed by atoms with Crippen LogP contribution in [0.1, 0.15) is 39.7 Å². The van der Waals surface area contributed by atoms with Crippen molar-refractivity contribution in [2.45, 2.75) is 39.7 Å². The van der Waals surface area contributed by atoms with Crippen molar-refractivity contribution >= 4 is 12.0 Å². The summed E-state index contributed by atoms with van der Waals surface area (Å²) < 4.78 is 5.18. The second-order valence-corrected chi connectivity index (χ2v) is 6.12. The minimum atomic E-state index is -0.698. The molecule has 0 amide bonds. The molecule has 0 N–H and O–H groups in total. The highest BCUT2D eigenvalue weighted by Crippen LogP contribution is 2.44. The molecule has 0 aromatic heterocycles. The van der Waals surface area contributed by atoms with E-state index in [1.165, 1.54) is 18.1 Å². The highest BCUT2D eigenvalue weighted by molar-refractivity contribution is 5.67. The summed E-state index contributed by atoms with van der Waals surface area (Å²) in [6.45, 7) is 7.23. The Hall–Kier alpha value is -2.01. The first-order valence-corrected chi connectivity index (χ1v) is 7.33. The molecule has 2 rings (SSSR count). The Morgan fingerprint density at radius 2 is 1.95 bits per heavy atom. The summed E-state index contributed by atoms with van der Waals surface area (Å²) >= 11 is 0. The largest absolute Gasteiger partial charge is 0.447 e. The molecule has 1 aliphatic rings. The van der Waals surface area contributed by atoms with E-state index in [-0.39, 0.29) is 5.97 Å². The normalized spacial score (nSPS) is 21.2. The number of esters is 1. The van der Waals surface area contributed by atoms with Crippen molar-refractivity contribution in [2.24, 2.45) is 11.8 Å². The van der Waals surface area contributed by atoms with Crippen molar-refractivity contribution in [3.63, 3.8) is 0 Å². The van der Waals surface area contributed by atoms with Crippen LogP contribution in [0.2, 0.25) is 0 Å². The van der Waals surface area contributed by atoms with Crippen LogP contribution in [0.25, 0.3) is 6.08 Å². The molecule has 0 saturated heterocycles. The fourth-order valence-electron chi connectivity index (χ4n) is 2.43. The van der Waals surface area contributed by atoms with E-state index in [1.54, 1.807) is 0 Å². The number of hydrogen-bond acceptors (Lipinski definition) is 2. The summed E-state index contributed by atoms with van der Waals surface area (Å²) in [5.74, 6) is 6.96. The molecule has 1 aromatic carbocycles. The lowest BCUT2D eigenvalue weighted by Gasteiger charge is -2.17. The average Bonchev–Trinajstić information content (AvgIpc) is 3.16. The first kappa shape index (κ1) is 15.4. The van der Waals surface area contributed by atoms with Crippen molar-refractivity contribution < 1.29 is 9.53 Å². The molecule has 2 atom stereocenters. The number of carbonyl (C=O) groups is 1. The molecule has 0 bridgehead atoms. The number of allylic oxidation sites excluding steroid dienone is 1. The molecular weight excluding hydrogens is 260 g/mol. The van der Waals surface area contributed by atoms with E-state index in [0.717, 1.165) is 6.42 Å². The molecule has 2 heteroatoms. The molecule has 0 spiro atoms. The minimum Gasteiger partial charge on any atom is -0.447 e. The summed E-state index contributed by atoms with van der Waals surface area (Å²) in [6, 6.07) is 10.3. The highest BCUT2D eigenvalue weighted by atomic mass is 16.6. The van der Waals surface area contributed by atoms with Gasteiger partial charge in [0, 0.05) is 12.8 Å². The van der Waals surface area contributed by atoms with Crippen LogP contribution in [0.3, 0.4) is 0 Å². The fraction of sp³-hybridized carbons (Fsp3) is 0.421. The lowest BCUT2D eigenvalue weighted by Crippen LogP contribution is -2.24. The van der Waals surface area contributed by atoms with Gasteiger partial charge in [-0.25, -0.2) is 0 Å². The van der Waals surface area contributed by atoms with Gasteiger partial charge in [-0.15, -0.1) is 0 Å². The van der Waals surface area contributed by atoms with E-state index in [1.807, 2.05) is 32.0 Å². The molecule has 1 fully saturated rings. The zero-order chi connectivity index (χ0) is 15.5. The maximum Gasteiger partial charge on any atom is 0.304 e. The molecule has 0 aliphatic heterocycles. The summed E-state index contributed by atoms with van der Waals surface area (Å²) in [5.41, 5.74) is 1.90. The topological polar surface area (TPSA) is 26.3 Å². The Bertz CT molecular complexity index is 599. The highest BCUT2D eigenvalue weighted by Gasteiger charge is 2.37. The van der Waals surface area contributed by atoms with E-state index in [0.29, 0.717) is 11.8 Å². The van der Waals surface area contributed by atoms with Gasteiger partial charge in [0.05, 0.1) is 0 Å². The lowest BCUT2D eigenvalue weighted by atomic mass is 10.1. The average molecular weight is 282 g/mol. The van der Waals surface area contributed by atoms with E-state index >= 15 is 0 Å². The fourth-order valence-corrected chi connectivity index (χ4v) is 2.43. The quantitative estimate of drug-likeness (QED) is 0.617. The van der Waals surface area contributed by atoms with Gasteiger partial charge in [0.15, 0.2) is 5.60 Å². The first-order chi connectivity index (χ1) is 9.87. The van der Waals surface area contributed by atoms with Gasteiger partial charge in [-0.2, -0.15) is 0 Å². The van der Waals surface area contributed by atoms with Crippen LogP contribution in [0.4, 0.5) is 0 Å². The van der Waals surface area contributed by atoms with Crippen LogP contribution in [-0.4, -0.2) is 11.6 Å². The molecule has 0 radical (unpaired) electrons. The van der Waals surface area contributed by atoms with Crippen LogP contribution >= 0.6 is 0 Å². The standard InChI is InChI=1S/C19H22O2/c1-14(12-16-8-6-5-7-9-16)18-13-17(18)10-11-19(3,4)21-15(2)20/h5-9,12,17-18H,13H2,1-4H3/b14-12+/t17-,18+/m1/s1. The SMILES string of the molecule is CC(=O)OC(C)(C)C#C[C@@H]1C[C@H]1/C(C)=C/c1ccccc1. The Balaban J connectivity index is 1.96. The Labute approximate surface area is 127 Å². The number of hydrogen-bond donors (Lipinski definition) is 0.